The smallest absolute Gasteiger partial charge is 0.247 e. The van der Waals surface area contributed by atoms with Crippen molar-refractivity contribution in [3.05, 3.63) is 47.7 Å². The van der Waals surface area contributed by atoms with Gasteiger partial charge in [-0.1, -0.05) is 35.9 Å². The van der Waals surface area contributed by atoms with Crippen LogP contribution in [0.5, 0.6) is 0 Å². The van der Waals surface area contributed by atoms with Crippen LogP contribution in [0.25, 0.3) is 10.8 Å². The van der Waals surface area contributed by atoms with Crippen LogP contribution in [-0.2, 0) is 17.1 Å². The van der Waals surface area contributed by atoms with Gasteiger partial charge in [-0.2, -0.15) is 10.1 Å². The number of hydrogen-bond donors (Lipinski definition) is 1. The molecule has 1 heterocycles. The first-order valence-electron chi connectivity index (χ1n) is 6.03. The fourth-order valence-electron chi connectivity index (χ4n) is 2.03. The van der Waals surface area contributed by atoms with Crippen LogP contribution in [0.2, 0.25) is 5.02 Å². The second-order valence-electron chi connectivity index (χ2n) is 4.40. The van der Waals surface area contributed by atoms with Gasteiger partial charge >= 0.3 is 0 Å². The number of aromatic nitrogens is 3. The first-order chi connectivity index (χ1) is 9.99. The maximum Gasteiger partial charge on any atom is 0.264 e. The molecule has 0 saturated heterocycles. The quantitative estimate of drug-likeness (QED) is 0.803. The molecule has 21 heavy (non-hydrogen) atoms. The third kappa shape index (κ3) is 2.45. The van der Waals surface area contributed by atoms with Crippen molar-refractivity contribution in [1.29, 1.82) is 0 Å². The minimum atomic E-state index is -3.78. The summed E-state index contributed by atoms with van der Waals surface area (Å²) in [6.45, 7) is 0. The summed E-state index contributed by atoms with van der Waals surface area (Å²) in [5.74, 6) is 0.147. The van der Waals surface area contributed by atoms with Crippen LogP contribution in [-0.4, -0.2) is 23.2 Å². The number of hydrogen-bond acceptors (Lipinski definition) is 4. The standard InChI is InChI=1S/C13H11ClN4O2S/c1-18-13(15-8-16-18)17-21(19,20)12-7-6-11(14)9-4-2-3-5-10(9)12/h2-8H,1H3,(H,15,16,17). The van der Waals surface area contributed by atoms with E-state index in [2.05, 4.69) is 14.8 Å². The number of halogens is 1. The molecule has 0 spiro atoms. The summed E-state index contributed by atoms with van der Waals surface area (Å²) in [6, 6.07) is 10.1. The van der Waals surface area contributed by atoms with Crippen molar-refractivity contribution in [3.63, 3.8) is 0 Å². The summed E-state index contributed by atoms with van der Waals surface area (Å²) in [4.78, 5) is 4.00. The Hall–Kier alpha value is -2.12. The van der Waals surface area contributed by atoms with E-state index in [-0.39, 0.29) is 10.8 Å². The predicted molar refractivity (Wildman–Crippen MR) is 80.8 cm³/mol. The average molecular weight is 323 g/mol. The third-order valence-electron chi connectivity index (χ3n) is 3.06. The van der Waals surface area contributed by atoms with E-state index in [1.807, 2.05) is 0 Å². The summed E-state index contributed by atoms with van der Waals surface area (Å²) in [5, 5.41) is 5.57. The summed E-state index contributed by atoms with van der Waals surface area (Å²) in [7, 11) is -2.18. The van der Waals surface area contributed by atoms with E-state index in [0.717, 1.165) is 0 Å². The maximum atomic E-state index is 12.5. The first kappa shape index (κ1) is 13.8. The summed E-state index contributed by atoms with van der Waals surface area (Å²) in [6.07, 6.45) is 1.28. The van der Waals surface area contributed by atoms with Gasteiger partial charge in [-0.15, -0.1) is 0 Å². The summed E-state index contributed by atoms with van der Waals surface area (Å²) < 4.78 is 28.8. The second-order valence-corrected chi connectivity index (χ2v) is 6.46. The Labute approximate surface area is 126 Å². The molecule has 0 aliphatic carbocycles. The van der Waals surface area contributed by atoms with Crippen LogP contribution < -0.4 is 4.72 Å². The van der Waals surface area contributed by atoms with Crippen molar-refractivity contribution >= 4 is 38.3 Å². The van der Waals surface area contributed by atoms with Gasteiger partial charge in [0, 0.05) is 22.8 Å². The highest BCUT2D eigenvalue weighted by atomic mass is 35.5. The highest BCUT2D eigenvalue weighted by Gasteiger charge is 2.20. The Morgan fingerprint density at radius 3 is 2.52 bits per heavy atom. The van der Waals surface area contributed by atoms with Gasteiger partial charge < -0.3 is 0 Å². The molecule has 1 aromatic heterocycles. The van der Waals surface area contributed by atoms with Gasteiger partial charge in [0.2, 0.25) is 5.95 Å². The van der Waals surface area contributed by atoms with Crippen LogP contribution >= 0.6 is 11.6 Å². The number of benzene rings is 2. The number of rotatable bonds is 3. The lowest BCUT2D eigenvalue weighted by Gasteiger charge is -2.10. The molecule has 1 N–H and O–H groups in total. The Morgan fingerprint density at radius 2 is 1.86 bits per heavy atom. The molecule has 3 aromatic rings. The number of fused-ring (bicyclic) bond motifs is 1. The zero-order valence-electron chi connectivity index (χ0n) is 11.0. The molecule has 0 aliphatic rings. The van der Waals surface area contributed by atoms with Crippen LogP contribution in [0.3, 0.4) is 0 Å². The SMILES string of the molecule is Cn1ncnc1NS(=O)(=O)c1ccc(Cl)c2ccccc12. The predicted octanol–water partition coefficient (Wildman–Crippen LogP) is 2.42. The van der Waals surface area contributed by atoms with Crippen molar-refractivity contribution < 1.29 is 8.42 Å². The Bertz CT molecular complexity index is 921. The van der Waals surface area contributed by atoms with Crippen molar-refractivity contribution in [3.8, 4) is 0 Å². The fourth-order valence-corrected chi connectivity index (χ4v) is 3.51. The van der Waals surface area contributed by atoms with Crippen molar-refractivity contribution in [2.24, 2.45) is 7.05 Å². The largest absolute Gasteiger partial charge is 0.264 e. The van der Waals surface area contributed by atoms with E-state index in [9.17, 15) is 8.42 Å². The lowest BCUT2D eigenvalue weighted by Crippen LogP contribution is -2.16. The molecule has 0 saturated carbocycles. The molecule has 0 unspecified atom stereocenters. The molecule has 0 atom stereocenters. The molecule has 0 aliphatic heterocycles. The zero-order chi connectivity index (χ0) is 15.0. The molecule has 0 radical (unpaired) electrons. The fraction of sp³-hybridized carbons (Fsp3) is 0.0769. The second kappa shape index (κ2) is 5.01. The minimum absolute atomic E-state index is 0.144. The van der Waals surface area contributed by atoms with Gasteiger partial charge in [0.25, 0.3) is 10.0 Å². The molecular weight excluding hydrogens is 312 g/mol. The highest BCUT2D eigenvalue weighted by molar-refractivity contribution is 7.93. The van der Waals surface area contributed by atoms with Crippen molar-refractivity contribution in [1.82, 2.24) is 14.8 Å². The summed E-state index contributed by atoms with van der Waals surface area (Å²) in [5.41, 5.74) is 0. The van der Waals surface area contributed by atoms with Crippen molar-refractivity contribution in [2.75, 3.05) is 4.72 Å². The summed E-state index contributed by atoms with van der Waals surface area (Å²) >= 11 is 6.11. The van der Waals surface area contributed by atoms with E-state index >= 15 is 0 Å². The van der Waals surface area contributed by atoms with Crippen LogP contribution in [0.4, 0.5) is 5.95 Å². The molecular formula is C13H11ClN4O2S. The monoisotopic (exact) mass is 322 g/mol. The number of aryl methyl sites for hydroxylation is 1. The highest BCUT2D eigenvalue weighted by Crippen LogP contribution is 2.29. The van der Waals surface area contributed by atoms with E-state index in [0.29, 0.717) is 15.8 Å². The average Bonchev–Trinajstić information content (AvgIpc) is 2.84. The lowest BCUT2D eigenvalue weighted by molar-refractivity contribution is 0.601. The maximum absolute atomic E-state index is 12.5. The molecule has 0 amide bonds. The van der Waals surface area contributed by atoms with Crippen LogP contribution in [0, 0.1) is 0 Å². The number of nitrogens with zero attached hydrogens (tertiary/aromatic N) is 3. The van der Waals surface area contributed by atoms with Gasteiger partial charge in [0.05, 0.1) is 4.90 Å². The van der Waals surface area contributed by atoms with Gasteiger partial charge in [0.1, 0.15) is 6.33 Å². The van der Waals surface area contributed by atoms with Gasteiger partial charge in [-0.05, 0) is 12.1 Å². The minimum Gasteiger partial charge on any atom is -0.247 e. The Kier molecular flexibility index (Phi) is 3.30. The molecule has 2 aromatic carbocycles. The Balaban J connectivity index is 2.16. The van der Waals surface area contributed by atoms with Crippen molar-refractivity contribution in [2.45, 2.75) is 4.90 Å². The van der Waals surface area contributed by atoms with Crippen LogP contribution in [0.15, 0.2) is 47.6 Å². The molecule has 8 heteroatoms. The molecule has 0 fully saturated rings. The van der Waals surface area contributed by atoms with Gasteiger partial charge in [-0.25, -0.2) is 17.8 Å². The number of sulfonamides is 1. The molecule has 108 valence electrons. The molecule has 3 rings (SSSR count). The molecule has 6 nitrogen and oxygen atoms in total. The van der Waals surface area contributed by atoms with E-state index in [1.54, 1.807) is 37.4 Å². The lowest BCUT2D eigenvalue weighted by atomic mass is 10.1. The Morgan fingerprint density at radius 1 is 1.14 bits per heavy atom. The first-order valence-corrected chi connectivity index (χ1v) is 7.89. The molecule has 0 bridgehead atoms. The number of nitrogens with one attached hydrogen (secondary N) is 1. The topological polar surface area (TPSA) is 76.9 Å². The van der Waals surface area contributed by atoms with Gasteiger partial charge in [-0.3, -0.25) is 0 Å². The van der Waals surface area contributed by atoms with Gasteiger partial charge in [0.15, 0.2) is 0 Å². The number of anilines is 1. The van der Waals surface area contributed by atoms with E-state index < -0.39 is 10.0 Å². The van der Waals surface area contributed by atoms with E-state index in [4.69, 9.17) is 11.6 Å². The third-order valence-corrected chi connectivity index (χ3v) is 4.77. The zero-order valence-corrected chi connectivity index (χ0v) is 12.6. The van der Waals surface area contributed by atoms with E-state index in [1.165, 1.54) is 17.1 Å². The van der Waals surface area contributed by atoms with Crippen LogP contribution in [0.1, 0.15) is 0 Å². The normalized spacial score (nSPS) is 11.7.